The van der Waals surface area contributed by atoms with E-state index >= 15 is 0 Å². The number of aliphatic imine (C=N–C) groups is 1. The second kappa shape index (κ2) is 18.8. The van der Waals surface area contributed by atoms with Gasteiger partial charge in [-0.1, -0.05) is 13.8 Å². The minimum Gasteiger partial charge on any atom is -0.481 e. The van der Waals surface area contributed by atoms with Crippen molar-refractivity contribution in [2.75, 3.05) is 25.3 Å². The first kappa shape index (κ1) is 41.4. The average Bonchev–Trinajstić information content (AvgIpc) is 3.66. The maximum absolute atomic E-state index is 13.0. The summed E-state index contributed by atoms with van der Waals surface area (Å²) in [6, 6.07) is 2.60. The van der Waals surface area contributed by atoms with E-state index in [2.05, 4.69) is 35.6 Å². The summed E-state index contributed by atoms with van der Waals surface area (Å²) in [5, 5.41) is 6.93. The number of carbonyl (C=O) groups is 1. The molecule has 0 saturated carbocycles. The molecule has 12 nitrogen and oxygen atoms in total. The SMILES string of the molecule is CCc1scc(C(F)(F)F)c1CN=C=O.CCc1scc(C(F)(F)F)c1CNC(=O)Nc1nc(C)cc(OC)n1.COc1cc(C)nc(N)n1. The molecule has 4 N–H and O–H groups in total. The number of nitrogen functional groups attached to an aromatic ring is 1. The first-order valence-electron chi connectivity index (χ1n) is 14.4. The summed E-state index contributed by atoms with van der Waals surface area (Å²) in [4.78, 5) is 41.9. The zero-order chi connectivity index (χ0) is 37.6. The molecule has 0 radical (unpaired) electrons. The molecule has 50 heavy (non-hydrogen) atoms. The molecule has 0 spiro atoms. The van der Waals surface area contributed by atoms with Crippen LogP contribution in [0.25, 0.3) is 0 Å². The number of aromatic nitrogens is 4. The lowest BCUT2D eigenvalue weighted by Gasteiger charge is -2.12. The summed E-state index contributed by atoms with van der Waals surface area (Å²) < 4.78 is 86.4. The summed E-state index contributed by atoms with van der Waals surface area (Å²) in [6.45, 7) is 6.58. The lowest BCUT2D eigenvalue weighted by atomic mass is 10.1. The number of nitrogens with one attached hydrogen (secondary N) is 2. The number of halogens is 6. The highest BCUT2D eigenvalue weighted by Gasteiger charge is 2.36. The molecule has 0 aliphatic rings. The normalized spacial score (nSPS) is 10.9. The van der Waals surface area contributed by atoms with E-state index < -0.39 is 29.5 Å². The van der Waals surface area contributed by atoms with E-state index in [-0.39, 0.29) is 42.0 Å². The Balaban J connectivity index is 0.000000292. The highest BCUT2D eigenvalue weighted by Crippen LogP contribution is 2.38. The lowest BCUT2D eigenvalue weighted by molar-refractivity contribution is -0.138. The van der Waals surface area contributed by atoms with Crippen molar-refractivity contribution in [3.8, 4) is 11.8 Å². The molecule has 0 saturated heterocycles. The minimum absolute atomic E-state index is 0.00595. The molecule has 4 aromatic rings. The van der Waals surface area contributed by atoms with Crippen LogP contribution in [0, 0.1) is 13.8 Å². The third kappa shape index (κ3) is 12.6. The summed E-state index contributed by atoms with van der Waals surface area (Å²) in [7, 11) is 2.97. The highest BCUT2D eigenvalue weighted by atomic mass is 32.1. The van der Waals surface area contributed by atoms with E-state index in [1.165, 1.54) is 13.2 Å². The number of methoxy groups -OCH3 is 2. The number of aryl methyl sites for hydroxylation is 4. The molecule has 0 bridgehead atoms. The van der Waals surface area contributed by atoms with E-state index in [0.29, 0.717) is 34.2 Å². The number of isocyanates is 1. The maximum Gasteiger partial charge on any atom is 0.417 e. The van der Waals surface area contributed by atoms with Crippen LogP contribution in [0.2, 0.25) is 0 Å². The molecule has 0 unspecified atom stereocenters. The molecule has 4 heterocycles. The van der Waals surface area contributed by atoms with Crippen LogP contribution in [-0.4, -0.2) is 46.3 Å². The van der Waals surface area contributed by atoms with Gasteiger partial charge in [0.05, 0.1) is 31.9 Å². The van der Waals surface area contributed by atoms with Crippen molar-refractivity contribution in [1.29, 1.82) is 0 Å². The quantitative estimate of drug-likeness (QED) is 0.0905. The van der Waals surface area contributed by atoms with Crippen molar-refractivity contribution < 1.29 is 45.4 Å². The number of carbonyl (C=O) groups excluding carboxylic acids is 2. The number of ether oxygens (including phenoxy) is 2. The van der Waals surface area contributed by atoms with Gasteiger partial charge in [-0.05, 0) is 32.3 Å². The summed E-state index contributed by atoms with van der Waals surface area (Å²) in [5.41, 5.74) is 5.49. The summed E-state index contributed by atoms with van der Waals surface area (Å²) in [6.07, 6.45) is -6.62. The van der Waals surface area contributed by atoms with Crippen LogP contribution in [0.5, 0.6) is 11.8 Å². The highest BCUT2D eigenvalue weighted by molar-refractivity contribution is 7.10. The van der Waals surface area contributed by atoms with Crippen LogP contribution in [0.4, 0.5) is 43.0 Å². The van der Waals surface area contributed by atoms with Crippen LogP contribution in [0.3, 0.4) is 0 Å². The molecule has 2 amide bonds. The molecular formula is C30H34F6N8O4S2. The summed E-state index contributed by atoms with van der Waals surface area (Å²) in [5.74, 6) is 1.03. The standard InChI is InChI=1S/C15H17F3N4O2S.C9H8F3NOS.C6H9N3O/c1-4-11-9(10(7-25-11)15(16,17)18)6-19-14(23)22-13-20-8(2)5-12(21-13)24-3;1-2-8-6(3-13-5-14)7(4-15-8)9(10,11)12;1-4-3-5(10-2)9-6(7)8-4/h5,7H,4,6H2,1-3H3,(H2,19,20,21,22,23);4H,2-3H2,1H3;3H,1-2H3,(H2,7,8,9). The molecule has 0 aliphatic carbocycles. The number of rotatable bonds is 9. The molecule has 20 heteroatoms. The Morgan fingerprint density at radius 3 is 1.84 bits per heavy atom. The number of nitrogens with two attached hydrogens (primary N) is 1. The van der Waals surface area contributed by atoms with Gasteiger partial charge in [0, 0.05) is 56.1 Å². The van der Waals surface area contributed by atoms with E-state index in [1.807, 2.05) is 6.92 Å². The first-order chi connectivity index (χ1) is 23.5. The molecule has 0 aliphatic heterocycles. The first-order valence-corrected chi connectivity index (χ1v) is 16.2. The van der Waals surface area contributed by atoms with E-state index in [9.17, 15) is 35.9 Å². The number of alkyl halides is 6. The average molecular weight is 749 g/mol. The van der Waals surface area contributed by atoms with Gasteiger partial charge in [0.25, 0.3) is 0 Å². The van der Waals surface area contributed by atoms with Crippen LogP contribution >= 0.6 is 22.7 Å². The van der Waals surface area contributed by atoms with Crippen molar-refractivity contribution in [2.24, 2.45) is 4.99 Å². The van der Waals surface area contributed by atoms with Crippen molar-refractivity contribution >= 4 is 46.7 Å². The van der Waals surface area contributed by atoms with Crippen LogP contribution in [0.15, 0.2) is 27.9 Å². The van der Waals surface area contributed by atoms with Gasteiger partial charge in [0.15, 0.2) is 0 Å². The van der Waals surface area contributed by atoms with Gasteiger partial charge in [-0.3, -0.25) is 5.32 Å². The van der Waals surface area contributed by atoms with Gasteiger partial charge in [-0.15, -0.1) is 22.7 Å². The molecule has 4 aromatic heterocycles. The number of nitrogens with zero attached hydrogens (tertiary/aromatic N) is 5. The Hall–Kier alpha value is -4.81. The van der Waals surface area contributed by atoms with E-state index in [4.69, 9.17) is 15.2 Å². The van der Waals surface area contributed by atoms with Crippen molar-refractivity contribution in [1.82, 2.24) is 25.3 Å². The van der Waals surface area contributed by atoms with Crippen molar-refractivity contribution in [3.63, 3.8) is 0 Å². The number of thiophene rings is 2. The Kier molecular flexibility index (Phi) is 15.6. The second-order valence-corrected chi connectivity index (χ2v) is 11.7. The zero-order valence-corrected chi connectivity index (χ0v) is 29.3. The number of hydrogen-bond donors (Lipinski definition) is 3. The molecule has 4 rings (SSSR count). The molecule has 0 aromatic carbocycles. The van der Waals surface area contributed by atoms with Gasteiger partial charge >= 0.3 is 18.4 Å². The second-order valence-electron chi connectivity index (χ2n) is 9.81. The monoisotopic (exact) mass is 748 g/mol. The zero-order valence-electron chi connectivity index (χ0n) is 27.7. The van der Waals surface area contributed by atoms with Crippen molar-refractivity contribution in [2.45, 2.75) is 66.0 Å². The third-order valence-corrected chi connectivity index (χ3v) is 8.61. The molecule has 0 atom stereocenters. The van der Waals surface area contributed by atoms with E-state index in [0.717, 1.165) is 39.1 Å². The lowest BCUT2D eigenvalue weighted by Crippen LogP contribution is -2.30. The number of amides is 2. The molecule has 0 fully saturated rings. The number of urea groups is 1. The number of hydrogen-bond acceptors (Lipinski definition) is 12. The fourth-order valence-electron chi connectivity index (χ4n) is 4.07. The topological polar surface area (TPSA) is 167 Å². The minimum atomic E-state index is -4.45. The Labute approximate surface area is 291 Å². The van der Waals surface area contributed by atoms with Crippen LogP contribution in [-0.2, 0) is 43.1 Å². The van der Waals surface area contributed by atoms with Gasteiger partial charge in [-0.25, -0.2) is 24.5 Å². The predicted octanol–water partition coefficient (Wildman–Crippen LogP) is 7.30. The van der Waals surface area contributed by atoms with Gasteiger partial charge in [-0.2, -0.15) is 36.3 Å². The Morgan fingerprint density at radius 1 is 0.860 bits per heavy atom. The van der Waals surface area contributed by atoms with Gasteiger partial charge in [0.2, 0.25) is 29.7 Å². The van der Waals surface area contributed by atoms with Gasteiger partial charge < -0.3 is 20.5 Å². The van der Waals surface area contributed by atoms with Gasteiger partial charge in [0.1, 0.15) is 0 Å². The number of anilines is 2. The van der Waals surface area contributed by atoms with Crippen LogP contribution < -0.4 is 25.8 Å². The Bertz CT molecular complexity index is 1750. The van der Waals surface area contributed by atoms with E-state index in [1.54, 1.807) is 40.0 Å². The van der Waals surface area contributed by atoms with Crippen LogP contribution in [0.1, 0.15) is 57.2 Å². The predicted molar refractivity (Wildman–Crippen MR) is 176 cm³/mol. The smallest absolute Gasteiger partial charge is 0.417 e. The largest absolute Gasteiger partial charge is 0.481 e. The molecular weight excluding hydrogens is 715 g/mol. The fourth-order valence-corrected chi connectivity index (χ4v) is 6.12. The summed E-state index contributed by atoms with van der Waals surface area (Å²) >= 11 is 2.08. The Morgan fingerprint density at radius 2 is 1.36 bits per heavy atom. The maximum atomic E-state index is 13.0. The molecule has 272 valence electrons. The third-order valence-electron chi connectivity index (χ3n) is 6.26. The van der Waals surface area contributed by atoms with Crippen molar-refractivity contribution in [3.05, 3.63) is 66.3 Å². The fraction of sp³-hybridized carbons (Fsp3) is 0.400.